The van der Waals surface area contributed by atoms with E-state index in [0.717, 1.165) is 36.7 Å². The minimum Gasteiger partial charge on any atom is -0.204 e. The van der Waals surface area contributed by atoms with Crippen LogP contribution in [0.25, 0.3) is 0 Å². The second kappa shape index (κ2) is 10.9. The Morgan fingerprint density at radius 1 is 0.862 bits per heavy atom. The summed E-state index contributed by atoms with van der Waals surface area (Å²) < 4.78 is 39.5. The summed E-state index contributed by atoms with van der Waals surface area (Å²) in [5.74, 6) is 0.500. The summed E-state index contributed by atoms with van der Waals surface area (Å²) in [5, 5.41) is 8.44. The maximum atomic E-state index is 13.5. The Balaban J connectivity index is 1.32. The zero-order valence-corrected chi connectivity index (χ0v) is 17.2. The fraction of sp³-hybridized carbons (Fsp3) is 0.640. The van der Waals surface area contributed by atoms with Gasteiger partial charge < -0.3 is 0 Å². The SMILES string of the molecule is N#C/C(F)=C/CCC1CCC(CCC2CCC(c3ccc(F)c(F)c3)CC2)CC1. The number of rotatable bonds is 7. The van der Waals surface area contributed by atoms with Gasteiger partial charge in [0.2, 0.25) is 0 Å². The van der Waals surface area contributed by atoms with E-state index >= 15 is 0 Å². The highest BCUT2D eigenvalue weighted by atomic mass is 19.2. The van der Waals surface area contributed by atoms with E-state index < -0.39 is 17.5 Å². The van der Waals surface area contributed by atoms with Gasteiger partial charge in [-0.05, 0) is 86.0 Å². The third-order valence-corrected chi connectivity index (χ3v) is 7.22. The summed E-state index contributed by atoms with van der Waals surface area (Å²) >= 11 is 0. The molecule has 0 radical (unpaired) electrons. The summed E-state index contributed by atoms with van der Waals surface area (Å²) in [6.45, 7) is 0. The molecule has 1 aromatic carbocycles. The van der Waals surface area contributed by atoms with Crippen molar-refractivity contribution < 1.29 is 13.2 Å². The van der Waals surface area contributed by atoms with Crippen LogP contribution in [0.1, 0.15) is 88.5 Å². The van der Waals surface area contributed by atoms with Crippen LogP contribution in [0.3, 0.4) is 0 Å². The predicted molar refractivity (Wildman–Crippen MR) is 110 cm³/mol. The van der Waals surface area contributed by atoms with E-state index in [2.05, 4.69) is 0 Å². The monoisotopic (exact) mass is 403 g/mol. The van der Waals surface area contributed by atoms with Crippen molar-refractivity contribution >= 4 is 0 Å². The molecule has 0 saturated heterocycles. The number of allylic oxidation sites excluding steroid dienone is 2. The Bertz CT molecular complexity index is 720. The van der Waals surface area contributed by atoms with Gasteiger partial charge in [-0.1, -0.05) is 44.6 Å². The molecule has 0 aromatic heterocycles. The van der Waals surface area contributed by atoms with E-state index in [4.69, 9.17) is 5.26 Å². The maximum absolute atomic E-state index is 13.5. The zero-order chi connectivity index (χ0) is 20.6. The average molecular weight is 404 g/mol. The fourth-order valence-corrected chi connectivity index (χ4v) is 5.32. The summed E-state index contributed by atoms with van der Waals surface area (Å²) in [6.07, 6.45) is 15.2. The van der Waals surface area contributed by atoms with E-state index in [9.17, 15) is 13.2 Å². The molecule has 0 amide bonds. The molecular formula is C25H32F3N. The largest absolute Gasteiger partial charge is 0.204 e. The fourth-order valence-electron chi connectivity index (χ4n) is 5.32. The predicted octanol–water partition coefficient (Wildman–Crippen LogP) is 7.98. The maximum Gasteiger partial charge on any atom is 0.196 e. The number of nitriles is 1. The van der Waals surface area contributed by atoms with E-state index in [1.165, 1.54) is 75.6 Å². The lowest BCUT2D eigenvalue weighted by Crippen LogP contribution is -2.18. The van der Waals surface area contributed by atoms with Crippen molar-refractivity contribution in [1.82, 2.24) is 0 Å². The van der Waals surface area contributed by atoms with Crippen molar-refractivity contribution in [2.75, 3.05) is 0 Å². The van der Waals surface area contributed by atoms with Gasteiger partial charge in [0.1, 0.15) is 6.07 Å². The van der Waals surface area contributed by atoms with Crippen LogP contribution >= 0.6 is 0 Å². The Kier molecular flexibility index (Phi) is 8.21. The highest BCUT2D eigenvalue weighted by molar-refractivity contribution is 5.22. The van der Waals surface area contributed by atoms with Crippen molar-refractivity contribution in [3.63, 3.8) is 0 Å². The van der Waals surface area contributed by atoms with Crippen LogP contribution in [0.4, 0.5) is 13.2 Å². The molecule has 0 bridgehead atoms. The number of nitrogens with zero attached hydrogens (tertiary/aromatic N) is 1. The normalized spacial score (nSPS) is 28.1. The minimum absolute atomic E-state index is 0.372. The van der Waals surface area contributed by atoms with Crippen molar-refractivity contribution in [2.45, 2.75) is 83.0 Å². The van der Waals surface area contributed by atoms with Crippen LogP contribution in [-0.4, -0.2) is 0 Å². The molecular weight excluding hydrogens is 371 g/mol. The van der Waals surface area contributed by atoms with Gasteiger partial charge in [0.15, 0.2) is 17.5 Å². The topological polar surface area (TPSA) is 23.8 Å². The van der Waals surface area contributed by atoms with Crippen LogP contribution in [0.15, 0.2) is 30.1 Å². The molecule has 0 unspecified atom stereocenters. The summed E-state index contributed by atoms with van der Waals surface area (Å²) in [7, 11) is 0. The summed E-state index contributed by atoms with van der Waals surface area (Å²) in [6, 6.07) is 5.91. The molecule has 2 fully saturated rings. The van der Waals surface area contributed by atoms with E-state index in [-0.39, 0.29) is 0 Å². The Labute approximate surface area is 173 Å². The first-order chi connectivity index (χ1) is 14.0. The second-order valence-electron chi connectivity index (χ2n) is 9.10. The molecule has 0 spiro atoms. The van der Waals surface area contributed by atoms with Crippen molar-refractivity contribution in [2.24, 2.45) is 17.8 Å². The molecule has 2 aliphatic carbocycles. The van der Waals surface area contributed by atoms with E-state index in [1.54, 1.807) is 6.07 Å². The molecule has 158 valence electrons. The first-order valence-corrected chi connectivity index (χ1v) is 11.3. The van der Waals surface area contributed by atoms with Gasteiger partial charge in [-0.3, -0.25) is 0 Å². The first kappa shape index (κ1) is 21.9. The van der Waals surface area contributed by atoms with Gasteiger partial charge in [-0.25, -0.2) is 8.78 Å². The molecule has 0 heterocycles. The highest BCUT2D eigenvalue weighted by Gasteiger charge is 2.25. The lowest BCUT2D eigenvalue weighted by Gasteiger charge is -2.32. The lowest BCUT2D eigenvalue weighted by molar-refractivity contribution is 0.225. The lowest BCUT2D eigenvalue weighted by atomic mass is 9.74. The third kappa shape index (κ3) is 6.63. The molecule has 4 heteroatoms. The van der Waals surface area contributed by atoms with Crippen LogP contribution in [0, 0.1) is 40.7 Å². The molecule has 0 aliphatic heterocycles. The van der Waals surface area contributed by atoms with E-state index in [1.807, 2.05) is 0 Å². The Hall–Kier alpha value is -1.76. The Morgan fingerprint density at radius 3 is 1.97 bits per heavy atom. The van der Waals surface area contributed by atoms with Crippen LogP contribution < -0.4 is 0 Å². The number of halogens is 3. The summed E-state index contributed by atoms with van der Waals surface area (Å²) in [4.78, 5) is 0. The molecule has 3 rings (SSSR count). The van der Waals surface area contributed by atoms with Gasteiger partial charge in [0.25, 0.3) is 0 Å². The van der Waals surface area contributed by atoms with Gasteiger partial charge >= 0.3 is 0 Å². The quantitative estimate of drug-likeness (QED) is 0.423. The first-order valence-electron chi connectivity index (χ1n) is 11.3. The second-order valence-corrected chi connectivity index (χ2v) is 9.10. The average Bonchev–Trinajstić information content (AvgIpc) is 2.75. The molecule has 2 saturated carbocycles. The minimum atomic E-state index is -0.761. The van der Waals surface area contributed by atoms with Crippen molar-refractivity contribution in [3.05, 3.63) is 47.3 Å². The van der Waals surface area contributed by atoms with Crippen molar-refractivity contribution in [3.8, 4) is 6.07 Å². The molecule has 1 nitrogen and oxygen atoms in total. The number of hydrogen-bond acceptors (Lipinski definition) is 1. The van der Waals surface area contributed by atoms with Crippen LogP contribution in [-0.2, 0) is 0 Å². The van der Waals surface area contributed by atoms with Gasteiger partial charge in [-0.2, -0.15) is 9.65 Å². The standard InChI is InChI=1S/C25H32F3N/c26-23(17-29)3-1-2-18-4-6-19(7-5-18)8-9-20-10-12-21(13-11-20)22-14-15-24(27)25(28)16-22/h3,14-16,18-21H,1-2,4-13H2/b23-3-. The van der Waals surface area contributed by atoms with E-state index in [0.29, 0.717) is 18.3 Å². The summed E-state index contributed by atoms with van der Waals surface area (Å²) in [5.41, 5.74) is 0.949. The zero-order valence-electron chi connectivity index (χ0n) is 17.2. The van der Waals surface area contributed by atoms with Gasteiger partial charge in [-0.15, -0.1) is 0 Å². The highest BCUT2D eigenvalue weighted by Crippen LogP contribution is 2.40. The molecule has 2 aliphatic rings. The van der Waals surface area contributed by atoms with Gasteiger partial charge in [0, 0.05) is 0 Å². The van der Waals surface area contributed by atoms with Crippen LogP contribution in [0.2, 0.25) is 0 Å². The molecule has 0 N–H and O–H groups in total. The van der Waals surface area contributed by atoms with Crippen molar-refractivity contribution in [1.29, 1.82) is 5.26 Å². The number of benzene rings is 1. The van der Waals surface area contributed by atoms with Gasteiger partial charge in [0.05, 0.1) is 0 Å². The smallest absolute Gasteiger partial charge is 0.196 e. The molecule has 1 aromatic rings. The van der Waals surface area contributed by atoms with Crippen LogP contribution in [0.5, 0.6) is 0 Å². The number of hydrogen-bond donors (Lipinski definition) is 0. The molecule has 0 atom stereocenters. The molecule has 29 heavy (non-hydrogen) atoms. The third-order valence-electron chi connectivity index (χ3n) is 7.22. The Morgan fingerprint density at radius 2 is 1.41 bits per heavy atom.